The quantitative estimate of drug-likeness (QED) is 0.347. The lowest BCUT2D eigenvalue weighted by Crippen LogP contribution is -2.47. The van der Waals surface area contributed by atoms with Gasteiger partial charge in [0, 0.05) is 12.3 Å². The van der Waals surface area contributed by atoms with Gasteiger partial charge in [-0.15, -0.1) is 0 Å². The van der Waals surface area contributed by atoms with Crippen LogP contribution >= 0.6 is 22.6 Å². The fourth-order valence-corrected chi connectivity index (χ4v) is 3.10. The van der Waals surface area contributed by atoms with Crippen LogP contribution in [0.5, 0.6) is 0 Å². The number of aromatic nitrogens is 2. The molecule has 1 fully saturated rings. The molecule has 1 aliphatic heterocycles. The van der Waals surface area contributed by atoms with Crippen LogP contribution < -0.4 is 11.2 Å². The summed E-state index contributed by atoms with van der Waals surface area (Å²) in [7, 11) is 0. The molecule has 11 heteroatoms. The third-order valence-corrected chi connectivity index (χ3v) is 5.11. The SMILES string of the molecule is CC(C)C(=O)O[C@H]1[C@H](n2ccc(=O)[nH]c2=O)O[C@](F)(CI)[C@H]1OC(=O)C(C)C. The average Bonchev–Trinajstić information content (AvgIpc) is 2.87. The van der Waals surface area contributed by atoms with Crippen LogP contribution in [0.1, 0.15) is 33.9 Å². The lowest BCUT2D eigenvalue weighted by atomic mass is 10.1. The highest BCUT2D eigenvalue weighted by molar-refractivity contribution is 14.1. The van der Waals surface area contributed by atoms with E-state index < -0.39 is 59.3 Å². The van der Waals surface area contributed by atoms with Crippen molar-refractivity contribution in [2.45, 2.75) is 52.0 Å². The van der Waals surface area contributed by atoms with Gasteiger partial charge in [0.15, 0.2) is 12.3 Å². The van der Waals surface area contributed by atoms with Gasteiger partial charge in [0.1, 0.15) is 0 Å². The normalized spacial score (nSPS) is 27.2. The maximum absolute atomic E-state index is 15.5. The molecule has 4 atom stereocenters. The predicted octanol–water partition coefficient (Wildman–Crippen LogP) is 1.30. The smallest absolute Gasteiger partial charge is 0.330 e. The van der Waals surface area contributed by atoms with Crippen LogP contribution in [0.4, 0.5) is 4.39 Å². The van der Waals surface area contributed by atoms with Crippen LogP contribution in [0, 0.1) is 11.8 Å². The number of halogens is 2. The van der Waals surface area contributed by atoms with Gasteiger partial charge in [-0.3, -0.25) is 23.9 Å². The molecule has 1 aromatic rings. The number of hydrogen-bond acceptors (Lipinski definition) is 7. The van der Waals surface area contributed by atoms with Crippen LogP contribution in [0.3, 0.4) is 0 Å². The van der Waals surface area contributed by atoms with E-state index in [2.05, 4.69) is 0 Å². The van der Waals surface area contributed by atoms with Crippen molar-refractivity contribution in [3.63, 3.8) is 0 Å². The van der Waals surface area contributed by atoms with E-state index in [0.717, 1.165) is 16.8 Å². The van der Waals surface area contributed by atoms with Gasteiger partial charge < -0.3 is 14.2 Å². The molecule has 1 N–H and O–H groups in total. The first kappa shape index (κ1) is 22.5. The van der Waals surface area contributed by atoms with Crippen molar-refractivity contribution in [1.82, 2.24) is 9.55 Å². The summed E-state index contributed by atoms with van der Waals surface area (Å²) in [5, 5.41) is 0. The number of alkyl halides is 2. The molecule has 2 heterocycles. The van der Waals surface area contributed by atoms with Crippen LogP contribution in [-0.4, -0.2) is 44.0 Å². The van der Waals surface area contributed by atoms with Crippen LogP contribution in [0.15, 0.2) is 21.9 Å². The second-order valence-corrected chi connectivity index (χ2v) is 7.78. The first-order chi connectivity index (χ1) is 13.0. The van der Waals surface area contributed by atoms with Crippen molar-refractivity contribution >= 4 is 34.5 Å². The van der Waals surface area contributed by atoms with Gasteiger partial charge in [0.25, 0.3) is 11.4 Å². The Morgan fingerprint density at radius 1 is 1.25 bits per heavy atom. The minimum atomic E-state index is -2.51. The summed E-state index contributed by atoms with van der Waals surface area (Å²) in [6.07, 6.45) is -3.36. The Bertz CT molecular complexity index is 852. The summed E-state index contributed by atoms with van der Waals surface area (Å²) < 4.78 is 32.2. The monoisotopic (exact) mass is 512 g/mol. The molecule has 0 amide bonds. The van der Waals surface area contributed by atoms with E-state index in [9.17, 15) is 19.2 Å². The Morgan fingerprint density at radius 2 is 1.82 bits per heavy atom. The summed E-state index contributed by atoms with van der Waals surface area (Å²) in [4.78, 5) is 49.9. The Kier molecular flexibility index (Phi) is 7.02. The maximum atomic E-state index is 15.5. The number of nitrogens with one attached hydrogen (secondary N) is 1. The first-order valence-electron chi connectivity index (χ1n) is 8.65. The fraction of sp³-hybridized carbons (Fsp3) is 0.647. The van der Waals surface area contributed by atoms with E-state index in [1.54, 1.807) is 50.3 Å². The molecule has 156 valence electrons. The van der Waals surface area contributed by atoms with Crippen molar-refractivity contribution in [3.8, 4) is 0 Å². The number of esters is 2. The van der Waals surface area contributed by atoms with Gasteiger partial charge in [-0.25, -0.2) is 9.18 Å². The zero-order valence-corrected chi connectivity index (χ0v) is 18.0. The van der Waals surface area contributed by atoms with Crippen LogP contribution in [-0.2, 0) is 23.8 Å². The number of carbonyl (C=O) groups excluding carboxylic acids is 2. The van der Waals surface area contributed by atoms with Crippen molar-refractivity contribution in [2.24, 2.45) is 11.8 Å². The van der Waals surface area contributed by atoms with E-state index in [4.69, 9.17) is 14.2 Å². The number of carbonyl (C=O) groups is 2. The van der Waals surface area contributed by atoms with E-state index in [1.807, 2.05) is 4.98 Å². The van der Waals surface area contributed by atoms with Crippen molar-refractivity contribution in [3.05, 3.63) is 33.1 Å². The molecule has 0 spiro atoms. The van der Waals surface area contributed by atoms with Gasteiger partial charge in [0.2, 0.25) is 6.10 Å². The Labute approximate surface area is 173 Å². The topological polar surface area (TPSA) is 117 Å². The third-order valence-electron chi connectivity index (χ3n) is 4.07. The molecule has 1 aliphatic rings. The summed E-state index contributed by atoms with van der Waals surface area (Å²) in [5.74, 6) is -5.01. The minimum Gasteiger partial charge on any atom is -0.453 e. The van der Waals surface area contributed by atoms with Gasteiger partial charge in [-0.05, 0) is 0 Å². The fourth-order valence-electron chi connectivity index (χ4n) is 2.49. The third kappa shape index (κ3) is 4.62. The molecule has 0 aliphatic carbocycles. The molecule has 28 heavy (non-hydrogen) atoms. The lowest BCUT2D eigenvalue weighted by molar-refractivity contribution is -0.192. The number of H-pyrrole nitrogens is 1. The maximum Gasteiger partial charge on any atom is 0.330 e. The zero-order chi connectivity index (χ0) is 21.2. The number of rotatable bonds is 6. The molecule has 9 nitrogen and oxygen atoms in total. The summed E-state index contributed by atoms with van der Waals surface area (Å²) in [6.45, 7) is 6.30. The molecule has 0 unspecified atom stereocenters. The van der Waals surface area contributed by atoms with Crippen molar-refractivity contribution in [2.75, 3.05) is 4.43 Å². The van der Waals surface area contributed by atoms with Gasteiger partial charge >= 0.3 is 17.6 Å². The Morgan fingerprint density at radius 3 is 2.32 bits per heavy atom. The molecule has 1 saturated heterocycles. The molecular weight excluding hydrogens is 490 g/mol. The summed E-state index contributed by atoms with van der Waals surface area (Å²) >= 11 is 1.71. The Balaban J connectivity index is 2.52. The second-order valence-electron chi connectivity index (χ2n) is 7.01. The van der Waals surface area contributed by atoms with Gasteiger partial charge in [0.05, 0.1) is 16.3 Å². The van der Waals surface area contributed by atoms with Gasteiger partial charge in [-0.2, -0.15) is 0 Å². The molecule has 0 saturated carbocycles. The largest absolute Gasteiger partial charge is 0.453 e. The minimum absolute atomic E-state index is 0.259. The molecular formula is C17H22FIN2O7. The van der Waals surface area contributed by atoms with Gasteiger partial charge in [-0.1, -0.05) is 50.3 Å². The highest BCUT2D eigenvalue weighted by atomic mass is 127. The highest BCUT2D eigenvalue weighted by Gasteiger charge is 2.61. The van der Waals surface area contributed by atoms with Crippen LogP contribution in [0.25, 0.3) is 0 Å². The summed E-state index contributed by atoms with van der Waals surface area (Å²) in [6, 6.07) is 1.05. The summed E-state index contributed by atoms with van der Waals surface area (Å²) in [5.41, 5.74) is -1.53. The molecule has 0 aromatic carbocycles. The number of aromatic amines is 1. The first-order valence-corrected chi connectivity index (χ1v) is 10.2. The lowest BCUT2D eigenvalue weighted by Gasteiger charge is -2.27. The number of ether oxygens (including phenoxy) is 3. The predicted molar refractivity (Wildman–Crippen MR) is 104 cm³/mol. The Hall–Kier alpha value is -1.76. The second kappa shape index (κ2) is 8.72. The number of nitrogens with zero attached hydrogens (tertiary/aromatic N) is 1. The van der Waals surface area contributed by atoms with E-state index in [-0.39, 0.29) is 4.43 Å². The standard InChI is InChI=1S/C17H22FIN2O7/c1-8(2)14(23)26-11-12(27-15(24)9(3)4)17(18,7-19)28-13(11)21-6-5-10(22)20-16(21)25/h5-6,8-9,11-13H,7H2,1-4H3,(H,20,22,25)/t11-,12+,13-,17-/m1/s1. The molecule has 2 rings (SSSR count). The van der Waals surface area contributed by atoms with Crippen molar-refractivity contribution < 1.29 is 28.2 Å². The van der Waals surface area contributed by atoms with E-state index >= 15 is 4.39 Å². The number of hydrogen-bond donors (Lipinski definition) is 1. The van der Waals surface area contributed by atoms with Crippen LogP contribution in [0.2, 0.25) is 0 Å². The highest BCUT2D eigenvalue weighted by Crippen LogP contribution is 2.43. The molecule has 0 bridgehead atoms. The van der Waals surface area contributed by atoms with E-state index in [1.165, 1.54) is 0 Å². The van der Waals surface area contributed by atoms with E-state index in [0.29, 0.717) is 0 Å². The molecule has 1 aromatic heterocycles. The average molecular weight is 512 g/mol. The zero-order valence-electron chi connectivity index (χ0n) is 15.8. The van der Waals surface area contributed by atoms with Crippen molar-refractivity contribution in [1.29, 1.82) is 0 Å². The molecule has 0 radical (unpaired) electrons.